The molecular weight excluding hydrogens is 442 g/mol. The number of piperidine rings is 1. The van der Waals surface area contributed by atoms with Crippen LogP contribution in [0.5, 0.6) is 0 Å². The predicted octanol–water partition coefficient (Wildman–Crippen LogP) is 6.86. The van der Waals surface area contributed by atoms with Crippen LogP contribution in [0.1, 0.15) is 80.9 Å². The Morgan fingerprint density at radius 1 is 1.00 bits per heavy atom. The van der Waals surface area contributed by atoms with Crippen molar-refractivity contribution in [3.63, 3.8) is 0 Å². The standard InChI is InChI=1S/C32H41N3O/c1-23(2)26-12-7-24(8-13-26)11-16-32(36)34-28-14-9-25(10-15-28)22-35-19-17-27(18-20-35)30-21-33-31-6-4-3-5-29(30)31/h3-8,11-13,16,21,23,25,27-28,33H,9-10,14-15,17-20,22H2,1-2H3,(H,34,36)/b16-11+. The van der Waals surface area contributed by atoms with E-state index in [1.165, 1.54) is 67.3 Å². The van der Waals surface area contributed by atoms with E-state index in [0.717, 1.165) is 24.3 Å². The molecule has 1 amide bonds. The number of benzene rings is 2. The van der Waals surface area contributed by atoms with Crippen molar-refractivity contribution in [3.8, 4) is 0 Å². The number of fused-ring (bicyclic) bond motifs is 1. The maximum atomic E-state index is 12.5. The van der Waals surface area contributed by atoms with Gasteiger partial charge in [-0.1, -0.05) is 56.3 Å². The zero-order valence-electron chi connectivity index (χ0n) is 21.9. The molecule has 2 N–H and O–H groups in total. The van der Waals surface area contributed by atoms with Crippen molar-refractivity contribution in [2.45, 2.75) is 70.3 Å². The normalized spacial score (nSPS) is 22.0. The van der Waals surface area contributed by atoms with Gasteiger partial charge in [-0.3, -0.25) is 4.79 Å². The number of nitrogens with zero attached hydrogens (tertiary/aromatic N) is 1. The van der Waals surface area contributed by atoms with E-state index in [4.69, 9.17) is 0 Å². The summed E-state index contributed by atoms with van der Waals surface area (Å²) in [6, 6.07) is 17.5. The van der Waals surface area contributed by atoms with Gasteiger partial charge in [-0.2, -0.15) is 0 Å². The summed E-state index contributed by atoms with van der Waals surface area (Å²) >= 11 is 0. The summed E-state index contributed by atoms with van der Waals surface area (Å²) in [5.41, 5.74) is 5.16. The predicted molar refractivity (Wildman–Crippen MR) is 150 cm³/mol. The highest BCUT2D eigenvalue weighted by atomic mass is 16.1. The van der Waals surface area contributed by atoms with Crippen molar-refractivity contribution in [1.82, 2.24) is 15.2 Å². The van der Waals surface area contributed by atoms with Crippen LogP contribution in [0.3, 0.4) is 0 Å². The first-order chi connectivity index (χ1) is 17.5. The number of amides is 1. The number of likely N-dealkylation sites (tertiary alicyclic amines) is 1. The molecule has 0 radical (unpaired) electrons. The quantitative estimate of drug-likeness (QED) is 0.361. The van der Waals surface area contributed by atoms with Crippen LogP contribution in [0.25, 0.3) is 17.0 Å². The van der Waals surface area contributed by atoms with E-state index < -0.39 is 0 Å². The third kappa shape index (κ3) is 6.10. The molecule has 2 aromatic carbocycles. The molecule has 2 fully saturated rings. The lowest BCUT2D eigenvalue weighted by Crippen LogP contribution is -2.41. The number of para-hydroxylation sites is 1. The molecule has 0 atom stereocenters. The van der Waals surface area contributed by atoms with E-state index in [9.17, 15) is 4.79 Å². The molecule has 3 aromatic rings. The van der Waals surface area contributed by atoms with E-state index in [-0.39, 0.29) is 5.91 Å². The SMILES string of the molecule is CC(C)c1ccc(/C=C/C(=O)NC2CCC(CN3CCC(c4c[nH]c5ccccc45)CC3)CC2)cc1. The second kappa shape index (κ2) is 11.5. The van der Waals surface area contributed by atoms with Gasteiger partial charge in [-0.05, 0) is 98.2 Å². The molecule has 5 rings (SSSR count). The second-order valence-corrected chi connectivity index (χ2v) is 11.2. The highest BCUT2D eigenvalue weighted by Crippen LogP contribution is 2.34. The van der Waals surface area contributed by atoms with E-state index >= 15 is 0 Å². The number of rotatable bonds is 7. The molecule has 36 heavy (non-hydrogen) atoms. The zero-order valence-corrected chi connectivity index (χ0v) is 21.9. The van der Waals surface area contributed by atoms with Crippen LogP contribution in [-0.4, -0.2) is 41.5 Å². The van der Waals surface area contributed by atoms with Crippen LogP contribution in [0.4, 0.5) is 0 Å². The van der Waals surface area contributed by atoms with Gasteiger partial charge in [0.2, 0.25) is 5.91 Å². The molecule has 4 nitrogen and oxygen atoms in total. The third-order valence-corrected chi connectivity index (χ3v) is 8.39. The average Bonchev–Trinajstić information content (AvgIpc) is 3.34. The number of hydrogen-bond acceptors (Lipinski definition) is 2. The smallest absolute Gasteiger partial charge is 0.244 e. The fourth-order valence-corrected chi connectivity index (χ4v) is 6.13. The summed E-state index contributed by atoms with van der Waals surface area (Å²) < 4.78 is 0. The maximum absolute atomic E-state index is 12.5. The van der Waals surface area contributed by atoms with Crippen molar-refractivity contribution >= 4 is 22.9 Å². The summed E-state index contributed by atoms with van der Waals surface area (Å²) in [6.07, 6.45) is 13.0. The Morgan fingerprint density at radius 2 is 1.72 bits per heavy atom. The molecule has 0 bridgehead atoms. The molecular formula is C32H41N3O. The Bertz CT molecular complexity index is 1160. The van der Waals surface area contributed by atoms with Crippen LogP contribution < -0.4 is 5.32 Å². The lowest BCUT2D eigenvalue weighted by atomic mass is 9.84. The van der Waals surface area contributed by atoms with Gasteiger partial charge in [0, 0.05) is 35.8 Å². The molecule has 4 heteroatoms. The fraction of sp³-hybridized carbons (Fsp3) is 0.469. The molecule has 1 aromatic heterocycles. The first kappa shape index (κ1) is 24.8. The third-order valence-electron chi connectivity index (χ3n) is 8.39. The van der Waals surface area contributed by atoms with Gasteiger partial charge in [0.1, 0.15) is 0 Å². The topological polar surface area (TPSA) is 48.1 Å². The first-order valence-electron chi connectivity index (χ1n) is 13.9. The van der Waals surface area contributed by atoms with Gasteiger partial charge in [0.15, 0.2) is 0 Å². The number of aromatic nitrogens is 1. The average molecular weight is 484 g/mol. The Kier molecular flexibility index (Phi) is 7.91. The summed E-state index contributed by atoms with van der Waals surface area (Å²) in [5, 5.41) is 4.63. The minimum absolute atomic E-state index is 0.0331. The van der Waals surface area contributed by atoms with E-state index in [1.807, 2.05) is 6.08 Å². The number of H-pyrrole nitrogens is 1. The zero-order chi connectivity index (χ0) is 24.9. The summed E-state index contributed by atoms with van der Waals surface area (Å²) in [6.45, 7) is 8.00. The fourth-order valence-electron chi connectivity index (χ4n) is 6.13. The van der Waals surface area contributed by atoms with Crippen LogP contribution in [0.15, 0.2) is 60.8 Å². The highest BCUT2D eigenvalue weighted by Gasteiger charge is 2.27. The monoisotopic (exact) mass is 483 g/mol. The number of carbonyl (C=O) groups is 1. The maximum Gasteiger partial charge on any atom is 0.244 e. The number of carbonyl (C=O) groups excluding carboxylic acids is 1. The minimum Gasteiger partial charge on any atom is -0.361 e. The van der Waals surface area contributed by atoms with E-state index in [0.29, 0.717) is 17.9 Å². The van der Waals surface area contributed by atoms with Gasteiger partial charge < -0.3 is 15.2 Å². The van der Waals surface area contributed by atoms with Crippen LogP contribution in [0.2, 0.25) is 0 Å². The van der Waals surface area contributed by atoms with Gasteiger partial charge in [-0.15, -0.1) is 0 Å². The second-order valence-electron chi connectivity index (χ2n) is 11.2. The lowest BCUT2D eigenvalue weighted by molar-refractivity contribution is -0.117. The largest absolute Gasteiger partial charge is 0.361 e. The molecule has 2 aliphatic rings. The molecule has 1 saturated carbocycles. The van der Waals surface area contributed by atoms with Gasteiger partial charge in [-0.25, -0.2) is 0 Å². The van der Waals surface area contributed by atoms with Crippen molar-refractivity contribution in [2.75, 3.05) is 19.6 Å². The molecule has 190 valence electrons. The van der Waals surface area contributed by atoms with E-state index in [1.54, 1.807) is 6.08 Å². The van der Waals surface area contributed by atoms with Crippen LogP contribution in [-0.2, 0) is 4.79 Å². The number of hydrogen-bond donors (Lipinski definition) is 2. The number of aromatic amines is 1. The Labute approximate surface area is 216 Å². The molecule has 1 aliphatic carbocycles. The molecule has 0 unspecified atom stereocenters. The van der Waals surface area contributed by atoms with Gasteiger partial charge in [0.05, 0.1) is 0 Å². The summed E-state index contributed by atoms with van der Waals surface area (Å²) in [5.74, 6) is 1.99. The summed E-state index contributed by atoms with van der Waals surface area (Å²) in [4.78, 5) is 18.6. The van der Waals surface area contributed by atoms with Crippen molar-refractivity contribution in [2.24, 2.45) is 5.92 Å². The van der Waals surface area contributed by atoms with Crippen molar-refractivity contribution in [3.05, 3.63) is 77.5 Å². The van der Waals surface area contributed by atoms with Crippen LogP contribution in [0, 0.1) is 5.92 Å². The Hall–Kier alpha value is -2.85. The van der Waals surface area contributed by atoms with Gasteiger partial charge >= 0.3 is 0 Å². The van der Waals surface area contributed by atoms with Crippen molar-refractivity contribution < 1.29 is 4.79 Å². The van der Waals surface area contributed by atoms with Gasteiger partial charge in [0.25, 0.3) is 0 Å². The van der Waals surface area contributed by atoms with Crippen molar-refractivity contribution in [1.29, 1.82) is 0 Å². The molecule has 1 saturated heterocycles. The van der Waals surface area contributed by atoms with Crippen LogP contribution >= 0.6 is 0 Å². The highest BCUT2D eigenvalue weighted by molar-refractivity contribution is 5.91. The summed E-state index contributed by atoms with van der Waals surface area (Å²) in [7, 11) is 0. The Balaban J connectivity index is 1.02. The minimum atomic E-state index is 0.0331. The Morgan fingerprint density at radius 3 is 2.44 bits per heavy atom. The number of nitrogens with one attached hydrogen (secondary N) is 2. The van der Waals surface area contributed by atoms with E-state index in [2.05, 4.69) is 83.8 Å². The molecule has 0 spiro atoms. The molecule has 1 aliphatic heterocycles. The molecule has 2 heterocycles. The first-order valence-corrected chi connectivity index (χ1v) is 13.9. The lowest BCUT2D eigenvalue weighted by Gasteiger charge is -2.36.